The van der Waals surface area contributed by atoms with Crippen LogP contribution >= 0.6 is 7.82 Å². The molecule has 0 fully saturated rings. The van der Waals surface area contributed by atoms with E-state index in [9.17, 15) is 14.4 Å². The fourth-order valence-corrected chi connectivity index (χ4v) is 4.94. The Bertz CT molecular complexity index is 519. The van der Waals surface area contributed by atoms with Crippen LogP contribution < -0.4 is 0 Å². The molecule has 0 saturated heterocycles. The largest absolute Gasteiger partial charge is 0.470 e. The SMILES string of the molecule is CCCCCCCC/C=C\CCCCCCCCCCCCC(C[N+](C)(C)CC)OP(=O)(O)O. The fraction of sp³-hybridized carbons (Fsp3) is 0.929. The molecule has 0 saturated carbocycles. The van der Waals surface area contributed by atoms with Crippen molar-refractivity contribution in [2.45, 2.75) is 142 Å². The topological polar surface area (TPSA) is 66.8 Å². The lowest BCUT2D eigenvalue weighted by Gasteiger charge is -2.32. The molecule has 0 aromatic carbocycles. The van der Waals surface area contributed by atoms with Gasteiger partial charge in [-0.2, -0.15) is 0 Å². The van der Waals surface area contributed by atoms with Crippen molar-refractivity contribution in [2.24, 2.45) is 0 Å². The summed E-state index contributed by atoms with van der Waals surface area (Å²) >= 11 is 0. The van der Waals surface area contributed by atoms with Gasteiger partial charge >= 0.3 is 7.82 Å². The average Bonchev–Trinajstić information content (AvgIpc) is 2.76. The molecule has 0 amide bonds. The second-order valence-electron chi connectivity index (χ2n) is 10.8. The number of phosphoric ester groups is 1. The minimum atomic E-state index is -4.43. The van der Waals surface area contributed by atoms with Gasteiger partial charge in [-0.3, -0.25) is 4.52 Å². The van der Waals surface area contributed by atoms with E-state index in [1.165, 1.54) is 103 Å². The number of unbranched alkanes of at least 4 members (excludes halogenated alkanes) is 16. The van der Waals surface area contributed by atoms with E-state index in [1.807, 2.05) is 0 Å². The minimum absolute atomic E-state index is 0.374. The van der Waals surface area contributed by atoms with Gasteiger partial charge in [0.05, 0.1) is 20.6 Å². The smallest absolute Gasteiger partial charge is 0.327 e. The molecule has 0 aliphatic heterocycles. The zero-order valence-electron chi connectivity index (χ0n) is 23.2. The van der Waals surface area contributed by atoms with Gasteiger partial charge in [0.25, 0.3) is 0 Å². The summed E-state index contributed by atoms with van der Waals surface area (Å²) in [5, 5.41) is 0. The van der Waals surface area contributed by atoms with E-state index in [0.29, 0.717) is 11.0 Å². The Morgan fingerprint density at radius 1 is 0.706 bits per heavy atom. The molecule has 0 aromatic rings. The van der Waals surface area contributed by atoms with Gasteiger partial charge in [-0.25, -0.2) is 4.57 Å². The molecule has 0 heterocycles. The van der Waals surface area contributed by atoms with Crippen LogP contribution in [0.2, 0.25) is 0 Å². The predicted molar refractivity (Wildman–Crippen MR) is 147 cm³/mol. The van der Waals surface area contributed by atoms with Gasteiger partial charge in [0.1, 0.15) is 12.6 Å². The Morgan fingerprint density at radius 3 is 1.53 bits per heavy atom. The second kappa shape index (κ2) is 22.0. The monoisotopic (exact) mass is 504 g/mol. The Morgan fingerprint density at radius 2 is 1.12 bits per heavy atom. The Balaban J connectivity index is 3.55. The zero-order chi connectivity index (χ0) is 25.5. The average molecular weight is 505 g/mol. The van der Waals surface area contributed by atoms with Gasteiger partial charge in [0.15, 0.2) is 0 Å². The molecule has 6 heteroatoms. The molecule has 1 atom stereocenters. The van der Waals surface area contributed by atoms with Crippen molar-refractivity contribution in [1.29, 1.82) is 0 Å². The highest BCUT2D eigenvalue weighted by molar-refractivity contribution is 7.46. The summed E-state index contributed by atoms with van der Waals surface area (Å²) < 4.78 is 17.1. The predicted octanol–water partition coefficient (Wildman–Crippen LogP) is 8.55. The lowest BCUT2D eigenvalue weighted by molar-refractivity contribution is -0.891. The summed E-state index contributed by atoms with van der Waals surface area (Å²) in [5.41, 5.74) is 0. The van der Waals surface area contributed by atoms with E-state index >= 15 is 0 Å². The number of phosphoric acid groups is 1. The van der Waals surface area contributed by atoms with Crippen molar-refractivity contribution in [3.8, 4) is 0 Å². The van der Waals surface area contributed by atoms with Gasteiger partial charge in [0.2, 0.25) is 0 Å². The van der Waals surface area contributed by atoms with Gasteiger partial charge in [0, 0.05) is 0 Å². The fourth-order valence-electron chi connectivity index (χ4n) is 4.38. The first-order chi connectivity index (χ1) is 16.2. The van der Waals surface area contributed by atoms with Crippen molar-refractivity contribution < 1.29 is 23.4 Å². The summed E-state index contributed by atoms with van der Waals surface area (Å²) in [6.45, 7) is 5.91. The van der Waals surface area contributed by atoms with Crippen LogP contribution in [0.25, 0.3) is 0 Å². The lowest BCUT2D eigenvalue weighted by Crippen LogP contribution is -2.45. The van der Waals surface area contributed by atoms with Gasteiger partial charge in [-0.15, -0.1) is 0 Å². The maximum absolute atomic E-state index is 11.3. The standard InChI is InChI=1S/C28H58NO4P/c1-5-7-8-9-10-11-12-13-14-15-16-17-18-19-20-21-22-23-24-25-26-28(33-34(30,31)32)27-29(3,4)6-2/h13-14,28H,5-12,15-27H2,1-4H3,(H-,30,31,32)/p+1/b14-13-. The van der Waals surface area contributed by atoms with Crippen LogP contribution in [-0.4, -0.2) is 47.6 Å². The second-order valence-corrected chi connectivity index (χ2v) is 12.0. The highest BCUT2D eigenvalue weighted by atomic mass is 31.2. The molecule has 0 rings (SSSR count). The number of likely N-dealkylation sites (N-methyl/N-ethyl adjacent to an activating group) is 1. The van der Waals surface area contributed by atoms with Crippen molar-refractivity contribution in [1.82, 2.24) is 0 Å². The molecule has 0 aromatic heterocycles. The van der Waals surface area contributed by atoms with Gasteiger partial charge in [-0.1, -0.05) is 109 Å². The Hall–Kier alpha value is -0.190. The molecule has 0 spiro atoms. The molecule has 0 radical (unpaired) electrons. The molecular weight excluding hydrogens is 445 g/mol. The Labute approximate surface area is 212 Å². The normalized spacial score (nSPS) is 13.7. The highest BCUT2D eigenvalue weighted by Gasteiger charge is 2.27. The number of rotatable bonds is 25. The third-order valence-electron chi connectivity index (χ3n) is 6.88. The summed E-state index contributed by atoms with van der Waals surface area (Å²) in [7, 11) is -0.281. The first-order valence-electron chi connectivity index (χ1n) is 14.4. The number of allylic oxidation sites excluding steroid dienone is 2. The molecule has 5 nitrogen and oxygen atoms in total. The third kappa shape index (κ3) is 24.9. The van der Waals surface area contributed by atoms with E-state index < -0.39 is 7.82 Å². The molecule has 1 unspecified atom stereocenters. The van der Waals surface area contributed by atoms with Crippen molar-refractivity contribution in [3.05, 3.63) is 12.2 Å². The lowest BCUT2D eigenvalue weighted by atomic mass is 10.0. The van der Waals surface area contributed by atoms with E-state index in [1.54, 1.807) is 0 Å². The maximum Gasteiger partial charge on any atom is 0.470 e. The number of hydrogen-bond acceptors (Lipinski definition) is 2. The summed E-state index contributed by atoms with van der Waals surface area (Å²) in [6.07, 6.45) is 28.5. The maximum atomic E-state index is 11.3. The molecule has 0 aliphatic carbocycles. The molecule has 34 heavy (non-hydrogen) atoms. The number of quaternary nitrogens is 1. The Kier molecular flexibility index (Phi) is 21.9. The van der Waals surface area contributed by atoms with Crippen LogP contribution in [-0.2, 0) is 9.09 Å². The minimum Gasteiger partial charge on any atom is -0.327 e. The third-order valence-corrected chi connectivity index (χ3v) is 7.45. The van der Waals surface area contributed by atoms with E-state index in [4.69, 9.17) is 4.52 Å². The van der Waals surface area contributed by atoms with Crippen LogP contribution in [0.15, 0.2) is 12.2 Å². The molecule has 2 N–H and O–H groups in total. The van der Waals surface area contributed by atoms with Crippen LogP contribution in [0.3, 0.4) is 0 Å². The first-order valence-corrected chi connectivity index (χ1v) is 15.9. The summed E-state index contributed by atoms with van der Waals surface area (Å²) in [6, 6.07) is 0. The van der Waals surface area contributed by atoms with E-state index in [-0.39, 0.29) is 6.10 Å². The van der Waals surface area contributed by atoms with Crippen LogP contribution in [0, 0.1) is 0 Å². The summed E-state index contributed by atoms with van der Waals surface area (Å²) in [4.78, 5) is 18.4. The number of nitrogens with zero attached hydrogens (tertiary/aromatic N) is 1. The zero-order valence-corrected chi connectivity index (χ0v) is 24.1. The highest BCUT2D eigenvalue weighted by Crippen LogP contribution is 2.39. The van der Waals surface area contributed by atoms with Crippen molar-refractivity contribution in [2.75, 3.05) is 27.2 Å². The molecular formula is C28H59NO4P+. The van der Waals surface area contributed by atoms with E-state index in [2.05, 4.69) is 40.1 Å². The molecule has 0 bridgehead atoms. The number of hydrogen-bond donors (Lipinski definition) is 2. The summed E-state index contributed by atoms with van der Waals surface area (Å²) in [5.74, 6) is 0. The molecule has 0 aliphatic rings. The molecule has 204 valence electrons. The quantitative estimate of drug-likeness (QED) is 0.0565. The van der Waals surface area contributed by atoms with Crippen LogP contribution in [0.1, 0.15) is 136 Å². The first kappa shape index (κ1) is 33.8. The van der Waals surface area contributed by atoms with E-state index in [0.717, 1.165) is 25.8 Å². The van der Waals surface area contributed by atoms with Gasteiger partial charge < -0.3 is 14.3 Å². The van der Waals surface area contributed by atoms with Crippen LogP contribution in [0.4, 0.5) is 0 Å². The van der Waals surface area contributed by atoms with Gasteiger partial charge in [-0.05, 0) is 39.0 Å². The van der Waals surface area contributed by atoms with Crippen molar-refractivity contribution in [3.63, 3.8) is 0 Å². The van der Waals surface area contributed by atoms with Crippen LogP contribution in [0.5, 0.6) is 0 Å². The van der Waals surface area contributed by atoms with Crippen molar-refractivity contribution >= 4 is 7.82 Å².